The first-order valence-electron chi connectivity index (χ1n) is 6.03. The van der Waals surface area contributed by atoms with Gasteiger partial charge in [0.2, 0.25) is 0 Å². The molecule has 0 aliphatic carbocycles. The largest absolute Gasteiger partial charge is 0.480 e. The lowest BCUT2D eigenvalue weighted by atomic mass is 10.2. The van der Waals surface area contributed by atoms with Gasteiger partial charge in [-0.15, -0.1) is 0 Å². The van der Waals surface area contributed by atoms with Gasteiger partial charge in [0, 0.05) is 13.1 Å². The van der Waals surface area contributed by atoms with Crippen LogP contribution in [0, 0.1) is 5.92 Å². The number of carbonyl (C=O) groups is 1. The van der Waals surface area contributed by atoms with Gasteiger partial charge in [-0.25, -0.2) is 0 Å². The molecule has 1 N–H and O–H groups in total. The highest BCUT2D eigenvalue weighted by atomic mass is 16.5. The Bertz CT molecular complexity index is 347. The third-order valence-corrected chi connectivity index (χ3v) is 2.14. The van der Waals surface area contributed by atoms with Crippen LogP contribution in [0.2, 0.25) is 0 Å². The predicted molar refractivity (Wildman–Crippen MR) is 65.9 cm³/mol. The number of carbonyl (C=O) groups excluding carboxylic acids is 1. The highest BCUT2D eigenvalue weighted by Crippen LogP contribution is 2.08. The van der Waals surface area contributed by atoms with E-state index in [1.165, 1.54) is 0 Å². The van der Waals surface area contributed by atoms with Crippen LogP contribution >= 0.6 is 0 Å². The second kappa shape index (κ2) is 6.93. The summed E-state index contributed by atoms with van der Waals surface area (Å²) >= 11 is 0. The van der Waals surface area contributed by atoms with Crippen LogP contribution in [0.1, 0.15) is 27.2 Å². The van der Waals surface area contributed by atoms with Crippen molar-refractivity contribution in [3.8, 4) is 5.75 Å². The van der Waals surface area contributed by atoms with E-state index in [9.17, 15) is 4.79 Å². The van der Waals surface area contributed by atoms with Crippen molar-refractivity contribution in [1.29, 1.82) is 0 Å². The maximum atomic E-state index is 11.4. The Labute approximate surface area is 102 Å². The molecule has 5 heteroatoms. The van der Waals surface area contributed by atoms with E-state index in [0.29, 0.717) is 18.2 Å². The summed E-state index contributed by atoms with van der Waals surface area (Å²) < 4.78 is 7.14. The fourth-order valence-electron chi connectivity index (χ4n) is 1.29. The smallest absolute Gasteiger partial charge is 0.257 e. The van der Waals surface area contributed by atoms with Gasteiger partial charge in [0.15, 0.2) is 12.4 Å². The number of ether oxygens (including phenoxy) is 1. The zero-order chi connectivity index (χ0) is 12.7. The molecule has 5 nitrogen and oxygen atoms in total. The molecule has 0 aliphatic heterocycles. The first kappa shape index (κ1) is 13.5. The Morgan fingerprint density at radius 3 is 3.00 bits per heavy atom. The van der Waals surface area contributed by atoms with Crippen LogP contribution in [0.3, 0.4) is 0 Å². The van der Waals surface area contributed by atoms with Gasteiger partial charge >= 0.3 is 0 Å². The van der Waals surface area contributed by atoms with Crippen LogP contribution in [0.5, 0.6) is 5.75 Å². The van der Waals surface area contributed by atoms with Crippen LogP contribution in [-0.4, -0.2) is 28.8 Å². The van der Waals surface area contributed by atoms with Crippen molar-refractivity contribution in [2.24, 2.45) is 5.92 Å². The summed E-state index contributed by atoms with van der Waals surface area (Å²) in [4.78, 5) is 11.4. The quantitative estimate of drug-likeness (QED) is 0.783. The number of nitrogens with zero attached hydrogens (tertiary/aromatic N) is 2. The minimum absolute atomic E-state index is 0.0462. The van der Waals surface area contributed by atoms with Crippen molar-refractivity contribution in [3.05, 3.63) is 12.4 Å². The molecular weight excluding hydrogens is 218 g/mol. The number of aromatic nitrogens is 2. The van der Waals surface area contributed by atoms with Crippen molar-refractivity contribution >= 4 is 5.91 Å². The zero-order valence-corrected chi connectivity index (χ0v) is 10.8. The SMILES string of the molecule is CCCn1cc(OCC(=O)NCC(C)C)cn1. The Kier molecular flexibility index (Phi) is 5.52. The summed E-state index contributed by atoms with van der Waals surface area (Å²) in [5.41, 5.74) is 0. The summed E-state index contributed by atoms with van der Waals surface area (Å²) in [7, 11) is 0. The van der Waals surface area contributed by atoms with Gasteiger partial charge in [-0.3, -0.25) is 9.48 Å². The maximum absolute atomic E-state index is 11.4. The molecular formula is C12H21N3O2. The van der Waals surface area contributed by atoms with Crippen LogP contribution in [0.25, 0.3) is 0 Å². The molecule has 0 aliphatic rings. The van der Waals surface area contributed by atoms with Crippen LogP contribution in [0.4, 0.5) is 0 Å². The molecule has 0 spiro atoms. The standard InChI is InChI=1S/C12H21N3O2/c1-4-5-15-8-11(7-14-15)17-9-12(16)13-6-10(2)3/h7-8,10H,4-6,9H2,1-3H3,(H,13,16). The number of hydrogen-bond acceptors (Lipinski definition) is 3. The van der Waals surface area contributed by atoms with Gasteiger partial charge < -0.3 is 10.1 Å². The molecule has 0 aromatic carbocycles. The van der Waals surface area contributed by atoms with Gasteiger partial charge in [0.05, 0.1) is 12.4 Å². The van der Waals surface area contributed by atoms with Gasteiger partial charge in [0.1, 0.15) is 0 Å². The molecule has 96 valence electrons. The highest BCUT2D eigenvalue weighted by molar-refractivity contribution is 5.77. The number of hydrogen-bond donors (Lipinski definition) is 1. The van der Waals surface area contributed by atoms with Crippen molar-refractivity contribution in [2.45, 2.75) is 33.7 Å². The summed E-state index contributed by atoms with van der Waals surface area (Å²) in [6.45, 7) is 7.78. The number of rotatable bonds is 7. The van der Waals surface area contributed by atoms with E-state index in [1.54, 1.807) is 17.1 Å². The normalized spacial score (nSPS) is 10.6. The van der Waals surface area contributed by atoms with Gasteiger partial charge in [-0.2, -0.15) is 5.10 Å². The number of amides is 1. The molecule has 0 bridgehead atoms. The van der Waals surface area contributed by atoms with E-state index in [4.69, 9.17) is 4.74 Å². The number of nitrogens with one attached hydrogen (secondary N) is 1. The summed E-state index contributed by atoms with van der Waals surface area (Å²) in [6.07, 6.45) is 4.46. The Morgan fingerprint density at radius 2 is 2.35 bits per heavy atom. The van der Waals surface area contributed by atoms with Crippen LogP contribution < -0.4 is 10.1 Å². The van der Waals surface area contributed by atoms with Gasteiger partial charge in [-0.05, 0) is 12.3 Å². The third-order valence-electron chi connectivity index (χ3n) is 2.14. The third kappa shape index (κ3) is 5.38. The zero-order valence-electron chi connectivity index (χ0n) is 10.8. The van der Waals surface area contributed by atoms with E-state index in [-0.39, 0.29) is 12.5 Å². The summed E-state index contributed by atoms with van der Waals surface area (Å²) in [5, 5.41) is 6.91. The molecule has 1 aromatic heterocycles. The van der Waals surface area contributed by atoms with E-state index >= 15 is 0 Å². The second-order valence-corrected chi connectivity index (χ2v) is 4.43. The fourth-order valence-corrected chi connectivity index (χ4v) is 1.29. The van der Waals surface area contributed by atoms with Crippen LogP contribution in [0.15, 0.2) is 12.4 Å². The lowest BCUT2D eigenvalue weighted by Gasteiger charge is -2.07. The fraction of sp³-hybridized carbons (Fsp3) is 0.667. The topological polar surface area (TPSA) is 56.1 Å². The number of aryl methyl sites for hydroxylation is 1. The van der Waals surface area contributed by atoms with Crippen LogP contribution in [-0.2, 0) is 11.3 Å². The van der Waals surface area contributed by atoms with E-state index in [1.807, 2.05) is 0 Å². The molecule has 0 saturated carbocycles. The van der Waals surface area contributed by atoms with Gasteiger partial charge in [-0.1, -0.05) is 20.8 Å². The predicted octanol–water partition coefficient (Wildman–Crippen LogP) is 1.44. The average Bonchev–Trinajstić information content (AvgIpc) is 2.72. The Hall–Kier alpha value is -1.52. The van der Waals surface area contributed by atoms with Crippen molar-refractivity contribution in [1.82, 2.24) is 15.1 Å². The molecule has 17 heavy (non-hydrogen) atoms. The van der Waals surface area contributed by atoms with E-state index < -0.39 is 0 Å². The second-order valence-electron chi connectivity index (χ2n) is 4.43. The monoisotopic (exact) mass is 239 g/mol. The molecule has 0 fully saturated rings. The molecule has 0 radical (unpaired) electrons. The molecule has 1 amide bonds. The van der Waals surface area contributed by atoms with E-state index in [0.717, 1.165) is 13.0 Å². The molecule has 0 unspecified atom stereocenters. The van der Waals surface area contributed by atoms with Crippen molar-refractivity contribution in [2.75, 3.05) is 13.2 Å². The van der Waals surface area contributed by atoms with Gasteiger partial charge in [0.25, 0.3) is 5.91 Å². The van der Waals surface area contributed by atoms with Crippen molar-refractivity contribution < 1.29 is 9.53 Å². The molecule has 1 heterocycles. The van der Waals surface area contributed by atoms with Crippen molar-refractivity contribution in [3.63, 3.8) is 0 Å². The molecule has 0 atom stereocenters. The lowest BCUT2D eigenvalue weighted by molar-refractivity contribution is -0.123. The maximum Gasteiger partial charge on any atom is 0.257 e. The minimum Gasteiger partial charge on any atom is -0.480 e. The molecule has 1 aromatic rings. The average molecular weight is 239 g/mol. The lowest BCUT2D eigenvalue weighted by Crippen LogP contribution is -2.31. The first-order chi connectivity index (χ1) is 8.11. The Balaban J connectivity index is 2.26. The Morgan fingerprint density at radius 1 is 1.59 bits per heavy atom. The molecule has 1 rings (SSSR count). The first-order valence-corrected chi connectivity index (χ1v) is 6.03. The summed E-state index contributed by atoms with van der Waals surface area (Å²) in [6, 6.07) is 0. The van der Waals surface area contributed by atoms with E-state index in [2.05, 4.69) is 31.2 Å². The highest BCUT2D eigenvalue weighted by Gasteiger charge is 2.04. The minimum atomic E-state index is -0.0954. The molecule has 0 saturated heterocycles. The summed E-state index contributed by atoms with van der Waals surface area (Å²) in [5.74, 6) is 0.992.